The summed E-state index contributed by atoms with van der Waals surface area (Å²) in [5.74, 6) is 0.980. The molecular formula is C51H36N2O2. The lowest BCUT2D eigenvalue weighted by molar-refractivity contribution is 0.595. The third kappa shape index (κ3) is 4.34. The Bertz CT molecular complexity index is 3210. The van der Waals surface area contributed by atoms with Crippen molar-refractivity contribution in [2.75, 3.05) is 4.90 Å². The molecule has 0 radical (unpaired) electrons. The molecule has 0 amide bonds. The van der Waals surface area contributed by atoms with Crippen LogP contribution in [0.25, 0.3) is 77.6 Å². The molecule has 0 atom stereocenters. The van der Waals surface area contributed by atoms with E-state index in [2.05, 4.69) is 169 Å². The largest absolute Gasteiger partial charge is 0.456 e. The lowest BCUT2D eigenvalue weighted by Crippen LogP contribution is -2.17. The second-order valence-corrected chi connectivity index (χ2v) is 15.6. The predicted molar refractivity (Wildman–Crippen MR) is 227 cm³/mol. The van der Waals surface area contributed by atoms with Gasteiger partial charge in [0.1, 0.15) is 22.5 Å². The van der Waals surface area contributed by atoms with Gasteiger partial charge < -0.3 is 18.3 Å². The third-order valence-corrected chi connectivity index (χ3v) is 12.3. The highest BCUT2D eigenvalue weighted by atomic mass is 16.3. The molecule has 0 spiro atoms. The van der Waals surface area contributed by atoms with Gasteiger partial charge in [-0.25, -0.2) is 0 Å². The topological polar surface area (TPSA) is 34.5 Å². The van der Waals surface area contributed by atoms with E-state index in [1.165, 1.54) is 60.7 Å². The molecule has 55 heavy (non-hydrogen) atoms. The first-order chi connectivity index (χ1) is 27.0. The molecule has 0 fully saturated rings. The number of aromatic nitrogens is 1. The van der Waals surface area contributed by atoms with Crippen LogP contribution in [0.4, 0.5) is 17.1 Å². The van der Waals surface area contributed by atoms with E-state index in [-0.39, 0.29) is 5.41 Å². The monoisotopic (exact) mass is 708 g/mol. The summed E-state index contributed by atoms with van der Waals surface area (Å²) in [5.41, 5.74) is 16.0. The molecule has 262 valence electrons. The molecule has 12 rings (SSSR count). The minimum atomic E-state index is -0.230. The van der Waals surface area contributed by atoms with Gasteiger partial charge in [-0.1, -0.05) is 86.7 Å². The van der Waals surface area contributed by atoms with Crippen molar-refractivity contribution in [3.05, 3.63) is 174 Å². The fourth-order valence-electron chi connectivity index (χ4n) is 9.60. The lowest BCUT2D eigenvalue weighted by Gasteiger charge is -2.28. The van der Waals surface area contributed by atoms with Crippen LogP contribution in [0, 0.1) is 0 Å². The molecule has 4 heteroatoms. The number of anilines is 3. The molecule has 0 saturated heterocycles. The molecule has 3 heterocycles. The Morgan fingerprint density at radius 3 is 1.87 bits per heavy atom. The Hall–Kier alpha value is -6.78. The number of hydrogen-bond acceptors (Lipinski definition) is 3. The second-order valence-electron chi connectivity index (χ2n) is 15.6. The van der Waals surface area contributed by atoms with Crippen LogP contribution >= 0.6 is 0 Å². The van der Waals surface area contributed by atoms with Crippen LogP contribution in [-0.4, -0.2) is 4.57 Å². The first-order valence-electron chi connectivity index (χ1n) is 19.2. The number of fused-ring (bicyclic) bond motifs is 12. The van der Waals surface area contributed by atoms with Gasteiger partial charge >= 0.3 is 0 Å². The number of hydrogen-bond donors (Lipinski definition) is 0. The molecule has 4 nitrogen and oxygen atoms in total. The van der Waals surface area contributed by atoms with Crippen molar-refractivity contribution in [3.63, 3.8) is 0 Å². The number of furan rings is 2. The second kappa shape index (κ2) is 11.1. The summed E-state index contributed by atoms with van der Waals surface area (Å²) >= 11 is 0. The van der Waals surface area contributed by atoms with Crippen LogP contribution in [0.3, 0.4) is 0 Å². The molecule has 2 aliphatic carbocycles. The molecule has 0 bridgehead atoms. The van der Waals surface area contributed by atoms with Crippen LogP contribution in [-0.2, 0) is 11.8 Å². The van der Waals surface area contributed by atoms with E-state index >= 15 is 0 Å². The van der Waals surface area contributed by atoms with Gasteiger partial charge in [0.05, 0.1) is 11.0 Å². The summed E-state index contributed by atoms with van der Waals surface area (Å²) in [6, 6.07) is 53.1. The van der Waals surface area contributed by atoms with Gasteiger partial charge in [-0.3, -0.25) is 0 Å². The van der Waals surface area contributed by atoms with Crippen molar-refractivity contribution in [1.29, 1.82) is 0 Å². The molecule has 10 aromatic rings. The SMILES string of the molecule is CC1(C)c2cc(N(c3ccc4oc5c(c4c3)CCC=C5)c3ccc4oc5ccccc5c4c3)ccc2-c2ccc(-n3c4ccccc4c4ccccc43)cc21. The number of rotatable bonds is 4. The average Bonchev–Trinajstić information content (AvgIpc) is 3.95. The number of nitrogens with zero attached hydrogens (tertiary/aromatic N) is 2. The van der Waals surface area contributed by atoms with E-state index in [9.17, 15) is 0 Å². The van der Waals surface area contributed by atoms with Crippen molar-refractivity contribution in [2.24, 2.45) is 0 Å². The zero-order valence-electron chi connectivity index (χ0n) is 30.6. The molecule has 0 N–H and O–H groups in total. The van der Waals surface area contributed by atoms with E-state index < -0.39 is 0 Å². The molecular weight excluding hydrogens is 673 g/mol. The highest BCUT2D eigenvalue weighted by Gasteiger charge is 2.37. The maximum Gasteiger partial charge on any atom is 0.135 e. The Morgan fingerprint density at radius 1 is 0.527 bits per heavy atom. The maximum atomic E-state index is 6.32. The number of benzene rings is 7. The molecule has 2 aliphatic rings. The average molecular weight is 709 g/mol. The molecule has 0 unspecified atom stereocenters. The minimum Gasteiger partial charge on any atom is -0.456 e. The summed E-state index contributed by atoms with van der Waals surface area (Å²) in [5, 5.41) is 5.96. The Kier molecular flexibility index (Phi) is 6.20. The van der Waals surface area contributed by atoms with Gasteiger partial charge in [-0.2, -0.15) is 0 Å². The Labute approximate surface area is 318 Å². The zero-order chi connectivity index (χ0) is 36.4. The summed E-state index contributed by atoms with van der Waals surface area (Å²) in [6.07, 6.45) is 6.34. The molecule has 3 aromatic heterocycles. The Morgan fingerprint density at radius 2 is 1.11 bits per heavy atom. The highest BCUT2D eigenvalue weighted by Crippen LogP contribution is 2.52. The highest BCUT2D eigenvalue weighted by molar-refractivity contribution is 6.09. The first-order valence-corrected chi connectivity index (χ1v) is 19.2. The van der Waals surface area contributed by atoms with Gasteiger partial charge in [0.15, 0.2) is 0 Å². The lowest BCUT2D eigenvalue weighted by atomic mass is 9.82. The normalized spacial score (nSPS) is 14.3. The van der Waals surface area contributed by atoms with Crippen LogP contribution in [0.15, 0.2) is 161 Å². The fourth-order valence-corrected chi connectivity index (χ4v) is 9.60. The standard InChI is InChI=1S/C51H36N2O2/c1-51(2)43-29-33(19-23-35(43)36-24-20-34(30-44(36)51)53-45-15-7-3-11-37(45)38-12-4-8-16-46(38)53)52(31-21-25-49-41(27-31)39-13-5-9-17-47(39)54-49)32-22-26-50-42(28-32)40-14-6-10-18-48(40)55-50/h3-5,7-13,15-30H,6,14H2,1-2H3. The van der Waals surface area contributed by atoms with Crippen LogP contribution in [0.5, 0.6) is 0 Å². The van der Waals surface area contributed by atoms with E-state index in [1.54, 1.807) is 0 Å². The van der Waals surface area contributed by atoms with Gasteiger partial charge in [0, 0.05) is 60.7 Å². The number of para-hydroxylation sites is 3. The van der Waals surface area contributed by atoms with E-state index in [0.29, 0.717) is 0 Å². The van der Waals surface area contributed by atoms with Crippen molar-refractivity contribution in [3.8, 4) is 16.8 Å². The van der Waals surface area contributed by atoms with Crippen molar-refractivity contribution >= 4 is 77.9 Å². The molecule has 0 aliphatic heterocycles. The van der Waals surface area contributed by atoms with E-state index in [0.717, 1.165) is 63.2 Å². The maximum absolute atomic E-state index is 6.32. The molecule has 0 saturated carbocycles. The number of aryl methyl sites for hydroxylation is 1. The fraction of sp³-hybridized carbons (Fsp3) is 0.0980. The van der Waals surface area contributed by atoms with E-state index in [4.69, 9.17) is 8.83 Å². The summed E-state index contributed by atoms with van der Waals surface area (Å²) < 4.78 is 15.0. The van der Waals surface area contributed by atoms with Gasteiger partial charge in [0.2, 0.25) is 0 Å². The van der Waals surface area contributed by atoms with Gasteiger partial charge in [-0.05, 0) is 120 Å². The number of allylic oxidation sites excluding steroid dienone is 1. The first kappa shape index (κ1) is 30.7. The van der Waals surface area contributed by atoms with Crippen molar-refractivity contribution < 1.29 is 8.83 Å². The molecule has 7 aromatic carbocycles. The zero-order valence-corrected chi connectivity index (χ0v) is 30.6. The smallest absolute Gasteiger partial charge is 0.135 e. The van der Waals surface area contributed by atoms with E-state index in [1.807, 2.05) is 12.1 Å². The summed E-state index contributed by atoms with van der Waals surface area (Å²) in [4.78, 5) is 2.40. The Balaban J connectivity index is 1.03. The van der Waals surface area contributed by atoms with Crippen molar-refractivity contribution in [2.45, 2.75) is 32.1 Å². The quantitative estimate of drug-likeness (QED) is 0.183. The summed E-state index contributed by atoms with van der Waals surface area (Å²) in [6.45, 7) is 4.75. The van der Waals surface area contributed by atoms with Crippen LogP contribution in [0.1, 0.15) is 42.7 Å². The van der Waals surface area contributed by atoms with Crippen LogP contribution < -0.4 is 4.90 Å². The summed E-state index contributed by atoms with van der Waals surface area (Å²) in [7, 11) is 0. The third-order valence-electron chi connectivity index (χ3n) is 12.3. The minimum absolute atomic E-state index is 0.230. The van der Waals surface area contributed by atoms with Crippen LogP contribution in [0.2, 0.25) is 0 Å². The predicted octanol–water partition coefficient (Wildman–Crippen LogP) is 14.2. The van der Waals surface area contributed by atoms with Crippen molar-refractivity contribution in [1.82, 2.24) is 4.57 Å². The van der Waals surface area contributed by atoms with Gasteiger partial charge in [-0.15, -0.1) is 0 Å². The van der Waals surface area contributed by atoms with Gasteiger partial charge in [0.25, 0.3) is 0 Å².